The zero-order valence-corrected chi connectivity index (χ0v) is 29.3. The second-order valence-electron chi connectivity index (χ2n) is 14.9. The van der Waals surface area contributed by atoms with Crippen molar-refractivity contribution in [3.05, 3.63) is 126 Å². The first-order valence-electron chi connectivity index (χ1n) is 17.8. The van der Waals surface area contributed by atoms with Gasteiger partial charge in [-0.2, -0.15) is 5.26 Å². The van der Waals surface area contributed by atoms with Crippen LogP contribution in [0.4, 0.5) is 0 Å². The average molecular weight is 667 g/mol. The smallest absolute Gasteiger partial charge is 0.164 e. The maximum Gasteiger partial charge on any atom is 0.164 e. The Kier molecular flexibility index (Phi) is 7.59. The molecule has 2 aliphatic carbocycles. The van der Waals surface area contributed by atoms with Crippen molar-refractivity contribution in [1.82, 2.24) is 15.0 Å². The van der Waals surface area contributed by atoms with Gasteiger partial charge in [-0.15, -0.1) is 11.3 Å². The van der Waals surface area contributed by atoms with Gasteiger partial charge in [0.05, 0.1) is 11.6 Å². The molecule has 2 saturated carbocycles. The van der Waals surface area contributed by atoms with Gasteiger partial charge in [-0.1, -0.05) is 92.7 Å². The molecule has 4 nitrogen and oxygen atoms in total. The van der Waals surface area contributed by atoms with Crippen LogP contribution in [0.3, 0.4) is 0 Å². The van der Waals surface area contributed by atoms with Gasteiger partial charge >= 0.3 is 0 Å². The van der Waals surface area contributed by atoms with E-state index in [0.717, 1.165) is 51.0 Å². The fourth-order valence-electron chi connectivity index (χ4n) is 9.25. The van der Waals surface area contributed by atoms with Crippen molar-refractivity contribution in [3.8, 4) is 51.4 Å². The maximum absolute atomic E-state index is 9.51. The molecule has 2 fully saturated rings. The number of nitriles is 1. The Balaban J connectivity index is 1.11. The van der Waals surface area contributed by atoms with Gasteiger partial charge in [-0.25, -0.2) is 15.0 Å². The van der Waals surface area contributed by atoms with Crippen LogP contribution in [0.2, 0.25) is 0 Å². The van der Waals surface area contributed by atoms with E-state index in [4.69, 9.17) is 15.0 Å². The molecule has 0 amide bonds. The number of rotatable bonds is 5. The van der Waals surface area contributed by atoms with E-state index in [1.807, 2.05) is 30.3 Å². The molecular formula is C45H38N4S. The van der Waals surface area contributed by atoms with Gasteiger partial charge in [0.1, 0.15) is 0 Å². The molecule has 7 aromatic rings. The summed E-state index contributed by atoms with van der Waals surface area (Å²) in [6.07, 6.45) is 6.65. The summed E-state index contributed by atoms with van der Waals surface area (Å²) >= 11 is 1.76. The Morgan fingerprint density at radius 2 is 1.14 bits per heavy atom. The van der Waals surface area contributed by atoms with E-state index < -0.39 is 0 Å². The normalized spacial score (nSPS) is 21.7. The summed E-state index contributed by atoms with van der Waals surface area (Å²) in [6, 6.07) is 42.7. The largest absolute Gasteiger partial charge is 0.208 e. The van der Waals surface area contributed by atoms with Crippen LogP contribution in [0.15, 0.2) is 115 Å². The predicted octanol–water partition coefficient (Wildman–Crippen LogP) is 11.9. The fraction of sp³-hybridized carbons (Fsp3) is 0.244. The maximum atomic E-state index is 9.51. The molecule has 5 heteroatoms. The number of nitrogens with zero attached hydrogens (tertiary/aromatic N) is 4. The van der Waals surface area contributed by atoms with Crippen LogP contribution in [0, 0.1) is 29.1 Å². The van der Waals surface area contributed by atoms with Crippen molar-refractivity contribution in [2.75, 3.05) is 0 Å². The summed E-state index contributed by atoms with van der Waals surface area (Å²) in [5, 5.41) is 11.8. The lowest BCUT2D eigenvalue weighted by Gasteiger charge is -2.50. The third-order valence-electron chi connectivity index (χ3n) is 11.1. The number of thiophene rings is 1. The molecule has 2 bridgehead atoms. The molecule has 1 unspecified atom stereocenters. The van der Waals surface area contributed by atoms with Crippen molar-refractivity contribution < 1.29 is 0 Å². The summed E-state index contributed by atoms with van der Waals surface area (Å²) in [4.78, 5) is 15.2. The van der Waals surface area contributed by atoms with Gasteiger partial charge in [0, 0.05) is 36.9 Å². The monoisotopic (exact) mass is 666 g/mol. The SMILES string of the molecule is C[C@@H]1C[C@@H]2C[C@H](C)CC(c3ccc(-c4nc(-c5ccccc5)nc(-c5cccc(-c6ccc7sc8ccc(C#N)cc8c7c6)c5)n4)cc3)(C1)C2. The first-order valence-corrected chi connectivity index (χ1v) is 18.6. The third kappa shape index (κ3) is 5.58. The van der Waals surface area contributed by atoms with E-state index in [1.165, 1.54) is 52.5 Å². The van der Waals surface area contributed by atoms with E-state index in [0.29, 0.717) is 23.0 Å². The van der Waals surface area contributed by atoms with E-state index in [1.54, 1.807) is 11.3 Å². The molecule has 50 heavy (non-hydrogen) atoms. The van der Waals surface area contributed by atoms with Crippen LogP contribution in [0.1, 0.15) is 57.1 Å². The minimum Gasteiger partial charge on any atom is -0.208 e. The van der Waals surface area contributed by atoms with Crippen molar-refractivity contribution in [2.24, 2.45) is 17.8 Å². The summed E-state index contributed by atoms with van der Waals surface area (Å²) < 4.78 is 2.40. The molecule has 0 N–H and O–H groups in total. The van der Waals surface area contributed by atoms with E-state index >= 15 is 0 Å². The van der Waals surface area contributed by atoms with Gasteiger partial charge in [-0.05, 0) is 108 Å². The topological polar surface area (TPSA) is 62.5 Å². The molecule has 2 aromatic heterocycles. The summed E-state index contributed by atoms with van der Waals surface area (Å²) in [5.74, 6) is 4.42. The Morgan fingerprint density at radius 1 is 0.580 bits per heavy atom. The van der Waals surface area contributed by atoms with Crippen LogP contribution in [0.25, 0.3) is 65.5 Å². The van der Waals surface area contributed by atoms with Gasteiger partial charge in [-0.3, -0.25) is 0 Å². The van der Waals surface area contributed by atoms with E-state index in [9.17, 15) is 5.26 Å². The van der Waals surface area contributed by atoms with Crippen molar-refractivity contribution in [2.45, 2.75) is 51.4 Å². The zero-order valence-electron chi connectivity index (χ0n) is 28.4. The second-order valence-corrected chi connectivity index (χ2v) is 16.0. The highest BCUT2D eigenvalue weighted by atomic mass is 32.1. The Hall–Kier alpha value is -5.18. The first-order chi connectivity index (χ1) is 24.4. The third-order valence-corrected chi connectivity index (χ3v) is 12.3. The molecule has 2 aliphatic rings. The van der Waals surface area contributed by atoms with Gasteiger partial charge in [0.2, 0.25) is 0 Å². The molecule has 244 valence electrons. The molecule has 5 aromatic carbocycles. The van der Waals surface area contributed by atoms with Crippen LogP contribution in [-0.2, 0) is 5.41 Å². The Labute approximate surface area is 297 Å². The minimum atomic E-state index is 0.286. The van der Waals surface area contributed by atoms with Gasteiger partial charge in [0.15, 0.2) is 17.5 Å². The fourth-order valence-corrected chi connectivity index (χ4v) is 10.3. The van der Waals surface area contributed by atoms with Crippen LogP contribution in [-0.4, -0.2) is 15.0 Å². The number of aromatic nitrogens is 3. The molecule has 2 heterocycles. The number of hydrogen-bond acceptors (Lipinski definition) is 5. The Bertz CT molecular complexity index is 2400. The first kappa shape index (κ1) is 30.8. The summed E-state index contributed by atoms with van der Waals surface area (Å²) in [5.41, 5.74) is 7.58. The van der Waals surface area contributed by atoms with Crippen LogP contribution >= 0.6 is 11.3 Å². The summed E-state index contributed by atoms with van der Waals surface area (Å²) in [7, 11) is 0. The molecule has 0 aliphatic heterocycles. The number of benzene rings is 5. The van der Waals surface area contributed by atoms with E-state index in [-0.39, 0.29) is 5.41 Å². The van der Waals surface area contributed by atoms with Crippen LogP contribution in [0.5, 0.6) is 0 Å². The number of fused-ring (bicyclic) bond motifs is 5. The quantitative estimate of drug-likeness (QED) is 0.183. The van der Waals surface area contributed by atoms with Gasteiger partial charge in [0.25, 0.3) is 0 Å². The molecular weight excluding hydrogens is 629 g/mol. The van der Waals surface area contributed by atoms with Crippen molar-refractivity contribution in [1.29, 1.82) is 5.26 Å². The molecule has 9 rings (SSSR count). The summed E-state index contributed by atoms with van der Waals surface area (Å²) in [6.45, 7) is 4.90. The molecule has 0 radical (unpaired) electrons. The van der Waals surface area contributed by atoms with Gasteiger partial charge < -0.3 is 0 Å². The minimum absolute atomic E-state index is 0.286. The highest BCUT2D eigenvalue weighted by Crippen LogP contribution is 2.54. The average Bonchev–Trinajstić information content (AvgIpc) is 3.51. The lowest BCUT2D eigenvalue weighted by atomic mass is 9.54. The van der Waals surface area contributed by atoms with E-state index in [2.05, 4.69) is 105 Å². The standard InChI is InChI=1S/C45H38N4S/c1-28-19-31-20-29(2)25-45(24-28,26-31)37-15-12-33(13-16-37)43-47-42(32-7-4-3-5-8-32)48-44(49-43)36-10-6-9-34(22-36)35-14-18-41-39(23-35)38-21-30(27-46)11-17-40(38)50-41/h3-18,21-23,28-29,31H,19-20,24-26H2,1-2H3/t28-,29+,31-,45?. The zero-order chi connectivity index (χ0) is 33.8. The molecule has 0 saturated heterocycles. The second kappa shape index (κ2) is 12.3. The molecule has 4 atom stereocenters. The highest BCUT2D eigenvalue weighted by Gasteiger charge is 2.45. The highest BCUT2D eigenvalue weighted by molar-refractivity contribution is 7.25. The Morgan fingerprint density at radius 3 is 1.84 bits per heavy atom. The lowest BCUT2D eigenvalue weighted by Crippen LogP contribution is -2.42. The molecule has 0 spiro atoms. The number of hydrogen-bond donors (Lipinski definition) is 0. The lowest BCUT2D eigenvalue weighted by molar-refractivity contribution is 0.0780. The van der Waals surface area contributed by atoms with Crippen LogP contribution < -0.4 is 0 Å². The predicted molar refractivity (Wildman–Crippen MR) is 206 cm³/mol. The van der Waals surface area contributed by atoms with Crippen molar-refractivity contribution >= 4 is 31.5 Å². The van der Waals surface area contributed by atoms with Crippen molar-refractivity contribution in [3.63, 3.8) is 0 Å².